The Labute approximate surface area is 449 Å². The Hall–Kier alpha value is -5.91. The second-order valence-electron chi connectivity index (χ2n) is 23.6. The predicted octanol–water partition coefficient (Wildman–Crippen LogP) is 13.2. The van der Waals surface area contributed by atoms with E-state index in [0.29, 0.717) is 77.9 Å². The van der Waals surface area contributed by atoms with E-state index in [1.54, 1.807) is 24.3 Å². The van der Waals surface area contributed by atoms with Crippen LogP contribution < -0.4 is 21.3 Å². The van der Waals surface area contributed by atoms with Crippen LogP contribution in [-0.2, 0) is 36.3 Å². The van der Waals surface area contributed by atoms with Gasteiger partial charge in [0, 0.05) is 89.4 Å². The molecule has 406 valence electrons. The van der Waals surface area contributed by atoms with Gasteiger partial charge in [-0.05, 0) is 148 Å². The average molecular weight is 1070 g/mol. The van der Waals surface area contributed by atoms with Gasteiger partial charge < -0.3 is 20.4 Å². The fraction of sp³-hybridized carbons (Fsp3) is 0.450. The molecule has 4 N–H and O–H groups in total. The molecule has 76 heavy (non-hydrogen) atoms. The third kappa shape index (κ3) is 12.4. The second-order valence-corrected chi connectivity index (χ2v) is 26.9. The summed E-state index contributed by atoms with van der Waals surface area (Å²) < 4.78 is 76.8. The first-order chi connectivity index (χ1) is 35.6. The normalized spacial score (nSPS) is 15.6. The van der Waals surface area contributed by atoms with E-state index >= 15 is 8.42 Å². The number of carbonyl (C=O) groups is 2. The third-order valence-corrected chi connectivity index (χ3v) is 17.4. The highest BCUT2D eigenvalue weighted by molar-refractivity contribution is 7.89. The molecule has 0 aromatic heterocycles. The smallest absolute Gasteiger partial charge is 0.295 e. The molecule has 0 saturated carbocycles. The van der Waals surface area contributed by atoms with Crippen LogP contribution in [0.1, 0.15) is 132 Å². The van der Waals surface area contributed by atoms with E-state index < -0.39 is 20.1 Å². The number of fused-ring (bicyclic) bond motifs is 2. The van der Waals surface area contributed by atoms with Crippen LogP contribution >= 0.6 is 0 Å². The number of nitrogens with one attached hydrogen (secondary N) is 3. The zero-order valence-electron chi connectivity index (χ0n) is 46.4. The van der Waals surface area contributed by atoms with Gasteiger partial charge in [-0.2, -0.15) is 12.7 Å². The van der Waals surface area contributed by atoms with E-state index in [1.165, 1.54) is 16.4 Å². The number of nitrogens with zero attached hydrogens (tertiary/aromatic N) is 3. The summed E-state index contributed by atoms with van der Waals surface area (Å²) in [6.45, 7) is 26.7. The molecule has 14 nitrogen and oxygen atoms in total. The molecular formula is C60H76N6O8S2. The van der Waals surface area contributed by atoms with Gasteiger partial charge >= 0.3 is 0 Å². The van der Waals surface area contributed by atoms with Crippen molar-refractivity contribution in [3.05, 3.63) is 105 Å². The van der Waals surface area contributed by atoms with Crippen LogP contribution in [0.2, 0.25) is 0 Å². The Morgan fingerprint density at radius 2 is 1.20 bits per heavy atom. The van der Waals surface area contributed by atoms with Gasteiger partial charge in [0.1, 0.15) is 21.1 Å². The lowest BCUT2D eigenvalue weighted by molar-refractivity contribution is -0.118. The molecule has 4 aromatic carbocycles. The molecular weight excluding hydrogens is 997 g/mol. The van der Waals surface area contributed by atoms with E-state index in [-0.39, 0.29) is 55.5 Å². The van der Waals surface area contributed by atoms with Crippen molar-refractivity contribution in [3.8, 4) is 22.5 Å². The second kappa shape index (κ2) is 21.8. The molecule has 0 atom stereocenters. The van der Waals surface area contributed by atoms with E-state index in [0.717, 1.165) is 89.2 Å². The molecule has 0 unspecified atom stereocenters. The standard InChI is InChI=1S/C60H76N6O8S2/c1-36-27-38(3)57(63-52(67)33-59(7,8)9)40(5)55(36)61-46-31-48-44(29-42(46)35-65-23-17-13-18-24-65)54(43-21-15-16-22-50(43)76(71,72)73)45-30-51(75(69,70)66-25-19-14-20-26-66)47(32-49(45)74-48)62-56-37(2)28-39(4)58(41(56)6)64-53(68)34-60(10,11)12/h15-16,21-22,27-32,61H,13-14,17-20,23-26,33-35H2,1-12H3,(H,63,67)(H,64,68)(H,71,72,73). The first-order valence-electron chi connectivity index (χ1n) is 26.6. The summed E-state index contributed by atoms with van der Waals surface area (Å²) in [4.78, 5) is 34.0. The van der Waals surface area contributed by atoms with Gasteiger partial charge in [0.15, 0.2) is 0 Å². The highest BCUT2D eigenvalue weighted by Crippen LogP contribution is 2.46. The first-order valence-corrected chi connectivity index (χ1v) is 29.5. The van der Waals surface area contributed by atoms with E-state index in [2.05, 4.69) is 26.9 Å². The molecule has 2 fully saturated rings. The van der Waals surface area contributed by atoms with Crippen molar-refractivity contribution in [2.24, 2.45) is 15.8 Å². The van der Waals surface area contributed by atoms with Crippen molar-refractivity contribution >= 4 is 71.4 Å². The lowest BCUT2D eigenvalue weighted by atomic mass is 9.91. The maximum atomic E-state index is 15.3. The van der Waals surface area contributed by atoms with Gasteiger partial charge in [-0.3, -0.25) is 19.0 Å². The molecule has 4 aromatic rings. The molecule has 0 radical (unpaired) electrons. The number of anilines is 4. The SMILES string of the molecule is Cc1cc(C)c(NC(=O)CC(C)(C)C)c(C)c1N=c1cc2oc3cc(Nc4c(C)cc(C)c(NC(=O)CC(C)(C)C)c4C)c(CN4CCCCC4)cc3c(-c3ccccc3S(=O)(=O)O)c-2cc1S(=O)(=O)N1CCCCC1. The van der Waals surface area contributed by atoms with Crippen LogP contribution in [0.5, 0.6) is 0 Å². The molecule has 2 saturated heterocycles. The van der Waals surface area contributed by atoms with E-state index in [1.807, 2.05) is 101 Å². The molecule has 1 aliphatic carbocycles. The van der Waals surface area contributed by atoms with Crippen molar-refractivity contribution in [1.29, 1.82) is 0 Å². The molecule has 0 spiro atoms. The number of piperidine rings is 2. The topological polar surface area (TPSA) is 191 Å². The van der Waals surface area contributed by atoms with Crippen molar-refractivity contribution in [3.63, 3.8) is 0 Å². The summed E-state index contributed by atoms with van der Waals surface area (Å²) in [6.07, 6.45) is 6.08. The number of amides is 2. The Morgan fingerprint density at radius 3 is 1.79 bits per heavy atom. The molecule has 0 bridgehead atoms. The minimum atomic E-state index is -4.83. The number of benzene rings is 5. The highest BCUT2D eigenvalue weighted by Gasteiger charge is 2.33. The number of likely N-dealkylation sites (tertiary alicyclic amines) is 1. The van der Waals surface area contributed by atoms with Crippen LogP contribution in [0.4, 0.5) is 28.4 Å². The van der Waals surface area contributed by atoms with Crippen molar-refractivity contribution in [2.45, 2.75) is 151 Å². The van der Waals surface area contributed by atoms with Crippen LogP contribution in [-0.4, -0.2) is 68.6 Å². The lowest BCUT2D eigenvalue weighted by Gasteiger charge is -2.29. The quantitative estimate of drug-likeness (QED) is 0.0639. The zero-order chi connectivity index (χ0) is 55.2. The molecule has 16 heteroatoms. The fourth-order valence-corrected chi connectivity index (χ4v) is 13.4. The van der Waals surface area contributed by atoms with Gasteiger partial charge in [0.25, 0.3) is 10.1 Å². The minimum Gasteiger partial charge on any atom is -0.456 e. The van der Waals surface area contributed by atoms with E-state index in [9.17, 15) is 22.6 Å². The zero-order valence-corrected chi connectivity index (χ0v) is 48.1. The third-order valence-electron chi connectivity index (χ3n) is 14.5. The van der Waals surface area contributed by atoms with Crippen LogP contribution in [0.25, 0.3) is 33.4 Å². The maximum Gasteiger partial charge on any atom is 0.295 e. The monoisotopic (exact) mass is 1070 g/mol. The Kier molecular flexibility index (Phi) is 16.2. The predicted molar refractivity (Wildman–Crippen MR) is 305 cm³/mol. The van der Waals surface area contributed by atoms with Gasteiger partial charge in [-0.15, -0.1) is 0 Å². The summed E-state index contributed by atoms with van der Waals surface area (Å²) in [5.74, 6) is -0.0198. The lowest BCUT2D eigenvalue weighted by Crippen LogP contribution is -2.38. The number of hydrogen-bond donors (Lipinski definition) is 4. The van der Waals surface area contributed by atoms with Crippen LogP contribution in [0.15, 0.2) is 79.9 Å². The Morgan fingerprint density at radius 1 is 0.645 bits per heavy atom. The summed E-state index contributed by atoms with van der Waals surface area (Å²) in [5, 5.41) is 10.7. The van der Waals surface area contributed by atoms with Gasteiger partial charge in [-0.25, -0.2) is 13.4 Å². The molecule has 4 aliphatic rings. The largest absolute Gasteiger partial charge is 0.456 e. The fourth-order valence-electron chi connectivity index (χ4n) is 11.0. The summed E-state index contributed by atoms with van der Waals surface area (Å²) in [6, 6.07) is 17.2. The van der Waals surface area contributed by atoms with Crippen molar-refractivity contribution < 1.29 is 35.4 Å². The molecule has 3 heterocycles. The van der Waals surface area contributed by atoms with Crippen LogP contribution in [0.3, 0.4) is 0 Å². The summed E-state index contributed by atoms with van der Waals surface area (Å²) in [5.41, 5.74) is 9.89. The minimum absolute atomic E-state index is 0.0811. The maximum absolute atomic E-state index is 15.3. The molecule has 2 amide bonds. The van der Waals surface area contributed by atoms with Crippen molar-refractivity contribution in [1.82, 2.24) is 9.21 Å². The van der Waals surface area contributed by atoms with Crippen molar-refractivity contribution in [2.75, 3.05) is 42.1 Å². The van der Waals surface area contributed by atoms with Gasteiger partial charge in [0.2, 0.25) is 21.8 Å². The van der Waals surface area contributed by atoms with Crippen LogP contribution in [0, 0.1) is 52.4 Å². The number of aryl methyl sites for hydroxylation is 4. The summed E-state index contributed by atoms with van der Waals surface area (Å²) in [7, 11) is -9.09. The number of rotatable bonds is 13. The Balaban J connectivity index is 1.45. The number of hydrogen-bond acceptors (Lipinski definition) is 10. The molecule has 3 aliphatic heterocycles. The van der Waals surface area contributed by atoms with Gasteiger partial charge in [0.05, 0.1) is 11.0 Å². The summed E-state index contributed by atoms with van der Waals surface area (Å²) >= 11 is 0. The molecule has 8 rings (SSSR count). The van der Waals surface area contributed by atoms with E-state index in [4.69, 9.17) is 9.41 Å². The highest BCUT2D eigenvalue weighted by atomic mass is 32.2. The Bertz CT molecular complexity index is 3520. The first kappa shape index (κ1) is 56.3. The average Bonchev–Trinajstić information content (AvgIpc) is 3.33. The van der Waals surface area contributed by atoms with Gasteiger partial charge in [-0.1, -0.05) is 84.7 Å². The number of carbonyl (C=O) groups excluding carboxylic acids is 2. The number of sulfonamides is 1.